The Bertz CT molecular complexity index is 770. The second-order valence-corrected chi connectivity index (χ2v) is 6.43. The van der Waals surface area contributed by atoms with Crippen molar-refractivity contribution in [2.24, 2.45) is 0 Å². The van der Waals surface area contributed by atoms with E-state index in [9.17, 15) is 9.59 Å². The Labute approximate surface area is 147 Å². The lowest BCUT2D eigenvalue weighted by Crippen LogP contribution is -2.37. The molecule has 0 aliphatic carbocycles. The summed E-state index contributed by atoms with van der Waals surface area (Å²) in [6.45, 7) is 1.55. The average Bonchev–Trinajstić information content (AvgIpc) is 2.90. The van der Waals surface area contributed by atoms with Crippen LogP contribution in [0.5, 0.6) is 5.75 Å². The zero-order chi connectivity index (χ0) is 17.6. The largest absolute Gasteiger partial charge is 0.491 e. The number of benzene rings is 1. The van der Waals surface area contributed by atoms with E-state index >= 15 is 0 Å². The lowest BCUT2D eigenvalue weighted by Gasteiger charge is -2.21. The fourth-order valence-electron chi connectivity index (χ4n) is 3.44. The van der Waals surface area contributed by atoms with Crippen LogP contribution in [0.15, 0.2) is 53.5 Å². The maximum Gasteiger partial charge on any atom is 0.293 e. The summed E-state index contributed by atoms with van der Waals surface area (Å²) < 4.78 is 6.45. The van der Waals surface area contributed by atoms with Crippen molar-refractivity contribution in [2.45, 2.75) is 31.7 Å². The van der Waals surface area contributed by atoms with E-state index in [2.05, 4.69) is 24.3 Å². The second-order valence-electron chi connectivity index (χ2n) is 6.43. The van der Waals surface area contributed by atoms with Gasteiger partial charge in [-0.3, -0.25) is 9.59 Å². The molecule has 0 radical (unpaired) electrons. The first-order valence-electron chi connectivity index (χ1n) is 8.75. The van der Waals surface area contributed by atoms with Crippen molar-refractivity contribution >= 4 is 5.91 Å². The first-order chi connectivity index (χ1) is 12.2. The van der Waals surface area contributed by atoms with E-state index in [0.29, 0.717) is 5.92 Å². The topological polar surface area (TPSA) is 51.5 Å². The van der Waals surface area contributed by atoms with Crippen molar-refractivity contribution in [3.63, 3.8) is 0 Å². The maximum atomic E-state index is 12.6. The van der Waals surface area contributed by atoms with E-state index in [1.165, 1.54) is 17.2 Å². The summed E-state index contributed by atoms with van der Waals surface area (Å²) >= 11 is 0. The molecular weight excluding hydrogens is 316 g/mol. The van der Waals surface area contributed by atoms with Gasteiger partial charge in [-0.15, -0.1) is 0 Å². The normalized spacial score (nSPS) is 17.8. The van der Waals surface area contributed by atoms with Gasteiger partial charge in [-0.25, -0.2) is 0 Å². The van der Waals surface area contributed by atoms with Crippen LogP contribution in [0.2, 0.25) is 0 Å². The molecule has 1 amide bonds. The van der Waals surface area contributed by atoms with Gasteiger partial charge in [0.25, 0.3) is 5.56 Å². The van der Waals surface area contributed by atoms with E-state index in [4.69, 9.17) is 4.74 Å². The van der Waals surface area contributed by atoms with Crippen LogP contribution in [0, 0.1) is 0 Å². The van der Waals surface area contributed by atoms with Crippen LogP contribution in [0.3, 0.4) is 0 Å². The van der Waals surface area contributed by atoms with Crippen LogP contribution in [-0.2, 0) is 11.3 Å². The molecule has 3 rings (SSSR count). The molecule has 0 N–H and O–H groups in total. The number of amides is 1. The van der Waals surface area contributed by atoms with E-state index in [1.54, 1.807) is 18.3 Å². The van der Waals surface area contributed by atoms with Gasteiger partial charge in [-0.2, -0.15) is 0 Å². The molecule has 1 atom stereocenters. The molecule has 25 heavy (non-hydrogen) atoms. The lowest BCUT2D eigenvalue weighted by molar-refractivity contribution is -0.131. The predicted octanol–water partition coefficient (Wildman–Crippen LogP) is 2.65. The number of hydrogen-bond donors (Lipinski definition) is 0. The Hall–Kier alpha value is -2.56. The molecule has 0 saturated carbocycles. The minimum atomic E-state index is -0.268. The van der Waals surface area contributed by atoms with Crippen LogP contribution < -0.4 is 10.3 Å². The summed E-state index contributed by atoms with van der Waals surface area (Å²) in [6, 6.07) is 13.8. The number of pyridine rings is 1. The third-order valence-corrected chi connectivity index (χ3v) is 4.86. The zero-order valence-corrected chi connectivity index (χ0v) is 14.6. The zero-order valence-electron chi connectivity index (χ0n) is 14.6. The number of aromatic nitrogens is 1. The minimum Gasteiger partial charge on any atom is -0.491 e. The van der Waals surface area contributed by atoms with E-state index in [0.717, 1.165) is 32.4 Å². The molecule has 1 aliphatic heterocycles. The first kappa shape index (κ1) is 17.3. The van der Waals surface area contributed by atoms with Gasteiger partial charge in [0.05, 0.1) is 7.11 Å². The maximum absolute atomic E-state index is 12.6. The molecule has 0 unspecified atom stereocenters. The standard InChI is InChI=1S/C20H24N2O3/c1-25-18-10-6-13-22(20(18)24)15-19(23)21-12-5-9-17(11-14-21)16-7-3-2-4-8-16/h2-4,6-8,10,13,17H,5,9,11-12,14-15H2,1H3/t17-/m1/s1. The summed E-state index contributed by atoms with van der Waals surface area (Å²) in [5.74, 6) is 0.748. The monoisotopic (exact) mass is 340 g/mol. The van der Waals surface area contributed by atoms with Crippen molar-refractivity contribution in [2.75, 3.05) is 20.2 Å². The van der Waals surface area contributed by atoms with Gasteiger partial charge in [0.1, 0.15) is 6.54 Å². The fourth-order valence-corrected chi connectivity index (χ4v) is 3.44. The van der Waals surface area contributed by atoms with Gasteiger partial charge in [0.15, 0.2) is 5.75 Å². The first-order valence-corrected chi connectivity index (χ1v) is 8.75. The SMILES string of the molecule is COc1cccn(CC(=O)N2CCC[C@@H](c3ccccc3)CC2)c1=O. The highest BCUT2D eigenvalue weighted by Gasteiger charge is 2.22. The summed E-state index contributed by atoms with van der Waals surface area (Å²) in [5.41, 5.74) is 1.08. The van der Waals surface area contributed by atoms with Gasteiger partial charge in [-0.05, 0) is 42.9 Å². The van der Waals surface area contributed by atoms with Crippen LogP contribution >= 0.6 is 0 Å². The molecule has 1 fully saturated rings. The molecule has 5 heteroatoms. The van der Waals surface area contributed by atoms with Crippen LogP contribution in [0.25, 0.3) is 0 Å². The smallest absolute Gasteiger partial charge is 0.293 e. The number of likely N-dealkylation sites (tertiary alicyclic amines) is 1. The van der Waals surface area contributed by atoms with Gasteiger partial charge in [0, 0.05) is 19.3 Å². The van der Waals surface area contributed by atoms with Gasteiger partial charge >= 0.3 is 0 Å². The van der Waals surface area contributed by atoms with Crippen molar-refractivity contribution in [1.29, 1.82) is 0 Å². The van der Waals surface area contributed by atoms with Crippen LogP contribution in [-0.4, -0.2) is 35.6 Å². The Morgan fingerprint density at radius 1 is 1.12 bits per heavy atom. The summed E-state index contributed by atoms with van der Waals surface area (Å²) in [5, 5.41) is 0. The molecule has 2 heterocycles. The Kier molecular flexibility index (Phi) is 5.53. The van der Waals surface area contributed by atoms with Crippen LogP contribution in [0.1, 0.15) is 30.7 Å². The summed E-state index contributed by atoms with van der Waals surface area (Å²) in [4.78, 5) is 26.7. The Balaban J connectivity index is 1.65. The molecule has 2 aromatic rings. The highest BCUT2D eigenvalue weighted by molar-refractivity contribution is 5.76. The van der Waals surface area contributed by atoms with Gasteiger partial charge < -0.3 is 14.2 Å². The third kappa shape index (κ3) is 4.10. The number of methoxy groups -OCH3 is 1. The minimum absolute atomic E-state index is 0.0101. The summed E-state index contributed by atoms with van der Waals surface area (Å²) in [7, 11) is 1.46. The van der Waals surface area contributed by atoms with Gasteiger partial charge in [-0.1, -0.05) is 30.3 Å². The Morgan fingerprint density at radius 3 is 2.68 bits per heavy atom. The average molecular weight is 340 g/mol. The van der Waals surface area contributed by atoms with E-state index in [-0.39, 0.29) is 23.8 Å². The molecule has 1 saturated heterocycles. The van der Waals surface area contributed by atoms with E-state index in [1.807, 2.05) is 11.0 Å². The Morgan fingerprint density at radius 2 is 1.92 bits per heavy atom. The third-order valence-electron chi connectivity index (χ3n) is 4.86. The van der Waals surface area contributed by atoms with Crippen molar-refractivity contribution in [3.05, 3.63) is 64.6 Å². The van der Waals surface area contributed by atoms with Crippen LogP contribution in [0.4, 0.5) is 0 Å². The van der Waals surface area contributed by atoms with Crippen molar-refractivity contribution < 1.29 is 9.53 Å². The predicted molar refractivity (Wildman–Crippen MR) is 96.9 cm³/mol. The van der Waals surface area contributed by atoms with E-state index < -0.39 is 0 Å². The molecule has 1 aliphatic rings. The molecule has 0 bridgehead atoms. The van der Waals surface area contributed by atoms with Crippen molar-refractivity contribution in [1.82, 2.24) is 9.47 Å². The lowest BCUT2D eigenvalue weighted by atomic mass is 9.92. The highest BCUT2D eigenvalue weighted by atomic mass is 16.5. The molecule has 0 spiro atoms. The number of carbonyl (C=O) groups excluding carboxylic acids is 1. The molecule has 1 aromatic heterocycles. The fraction of sp³-hybridized carbons (Fsp3) is 0.400. The second kappa shape index (κ2) is 8.01. The number of carbonyl (C=O) groups is 1. The number of nitrogens with zero attached hydrogens (tertiary/aromatic N) is 2. The van der Waals surface area contributed by atoms with Gasteiger partial charge in [0.2, 0.25) is 5.91 Å². The van der Waals surface area contributed by atoms with Crippen molar-refractivity contribution in [3.8, 4) is 5.75 Å². The molecule has 132 valence electrons. The number of hydrogen-bond acceptors (Lipinski definition) is 3. The molecule has 1 aromatic carbocycles. The summed E-state index contributed by atoms with van der Waals surface area (Å²) in [6.07, 6.45) is 4.67. The number of ether oxygens (including phenoxy) is 1. The highest BCUT2D eigenvalue weighted by Crippen LogP contribution is 2.27. The quantitative estimate of drug-likeness (QED) is 0.860. The molecule has 5 nitrogen and oxygen atoms in total. The molecular formula is C20H24N2O3. The number of rotatable bonds is 4.